The van der Waals surface area contributed by atoms with Gasteiger partial charge in [-0.15, -0.1) is 12.3 Å². The minimum atomic E-state index is -0.288. The molecule has 0 aliphatic heterocycles. The molecule has 1 aromatic carbocycles. The van der Waals surface area contributed by atoms with Gasteiger partial charge in [-0.1, -0.05) is 37.3 Å². The van der Waals surface area contributed by atoms with Crippen molar-refractivity contribution in [3.63, 3.8) is 0 Å². The zero-order chi connectivity index (χ0) is 13.0. The first-order valence-corrected chi connectivity index (χ1v) is 6.53. The molecule has 1 unspecified atom stereocenters. The SMILES string of the molecule is C#CCC(CC)NC(=O)C1(c2ccccc2)CC1. The minimum Gasteiger partial charge on any atom is -0.352 e. The molecule has 0 aromatic heterocycles. The van der Waals surface area contributed by atoms with Crippen molar-refractivity contribution in [2.24, 2.45) is 0 Å². The molecular weight excluding hydrogens is 222 g/mol. The first kappa shape index (κ1) is 12.7. The standard InChI is InChI=1S/C16H19NO/c1-3-8-14(4-2)17-15(18)16(11-12-16)13-9-6-5-7-10-13/h1,5-7,9-10,14H,4,8,11-12H2,2H3,(H,17,18). The highest BCUT2D eigenvalue weighted by atomic mass is 16.2. The van der Waals surface area contributed by atoms with Crippen LogP contribution < -0.4 is 5.32 Å². The second-order valence-corrected chi connectivity index (χ2v) is 4.94. The summed E-state index contributed by atoms with van der Waals surface area (Å²) in [7, 11) is 0. The van der Waals surface area contributed by atoms with Crippen LogP contribution in [0.25, 0.3) is 0 Å². The fourth-order valence-electron chi connectivity index (χ4n) is 2.29. The lowest BCUT2D eigenvalue weighted by Gasteiger charge is -2.20. The predicted molar refractivity (Wildman–Crippen MR) is 73.0 cm³/mol. The second kappa shape index (κ2) is 5.27. The Bertz CT molecular complexity index is 454. The number of benzene rings is 1. The largest absolute Gasteiger partial charge is 0.352 e. The van der Waals surface area contributed by atoms with Crippen molar-refractivity contribution in [1.82, 2.24) is 5.32 Å². The second-order valence-electron chi connectivity index (χ2n) is 4.94. The number of hydrogen-bond donors (Lipinski definition) is 1. The predicted octanol–water partition coefficient (Wildman–Crippen LogP) is 2.64. The van der Waals surface area contributed by atoms with Crippen LogP contribution in [0.3, 0.4) is 0 Å². The molecular formula is C16H19NO. The van der Waals surface area contributed by atoms with E-state index in [-0.39, 0.29) is 17.4 Å². The minimum absolute atomic E-state index is 0.101. The van der Waals surface area contributed by atoms with E-state index in [2.05, 4.69) is 11.2 Å². The third-order valence-electron chi connectivity index (χ3n) is 3.70. The highest BCUT2D eigenvalue weighted by molar-refractivity contribution is 5.91. The summed E-state index contributed by atoms with van der Waals surface area (Å²) >= 11 is 0. The summed E-state index contributed by atoms with van der Waals surface area (Å²) < 4.78 is 0. The van der Waals surface area contributed by atoms with Crippen LogP contribution in [-0.2, 0) is 10.2 Å². The number of carbonyl (C=O) groups excluding carboxylic acids is 1. The Hall–Kier alpha value is -1.75. The molecule has 1 N–H and O–H groups in total. The summed E-state index contributed by atoms with van der Waals surface area (Å²) in [6, 6.07) is 10.1. The van der Waals surface area contributed by atoms with Gasteiger partial charge in [0.15, 0.2) is 0 Å². The molecule has 1 aromatic rings. The molecule has 0 heterocycles. The Kier molecular flexibility index (Phi) is 3.72. The van der Waals surface area contributed by atoms with Crippen molar-refractivity contribution in [3.05, 3.63) is 35.9 Å². The van der Waals surface area contributed by atoms with Crippen molar-refractivity contribution in [3.8, 4) is 12.3 Å². The van der Waals surface area contributed by atoms with Gasteiger partial charge in [0.25, 0.3) is 0 Å². The molecule has 0 saturated heterocycles. The molecule has 1 fully saturated rings. The molecule has 94 valence electrons. The Morgan fingerprint density at radius 3 is 2.61 bits per heavy atom. The number of terminal acetylenes is 1. The molecule has 1 atom stereocenters. The summed E-state index contributed by atoms with van der Waals surface area (Å²) in [5.74, 6) is 2.76. The Labute approximate surface area is 109 Å². The van der Waals surface area contributed by atoms with Gasteiger partial charge >= 0.3 is 0 Å². The van der Waals surface area contributed by atoms with Crippen LogP contribution >= 0.6 is 0 Å². The monoisotopic (exact) mass is 241 g/mol. The average molecular weight is 241 g/mol. The maximum absolute atomic E-state index is 12.4. The van der Waals surface area contributed by atoms with Gasteiger partial charge in [-0.05, 0) is 24.8 Å². The first-order chi connectivity index (χ1) is 8.73. The smallest absolute Gasteiger partial charge is 0.230 e. The van der Waals surface area contributed by atoms with E-state index in [1.807, 2.05) is 37.3 Å². The van der Waals surface area contributed by atoms with Crippen molar-refractivity contribution in [1.29, 1.82) is 0 Å². The molecule has 2 nitrogen and oxygen atoms in total. The third-order valence-corrected chi connectivity index (χ3v) is 3.70. The van der Waals surface area contributed by atoms with Gasteiger partial charge in [0.2, 0.25) is 5.91 Å². The van der Waals surface area contributed by atoms with E-state index in [1.54, 1.807) is 0 Å². The molecule has 1 aliphatic carbocycles. The van der Waals surface area contributed by atoms with Gasteiger partial charge in [-0.3, -0.25) is 4.79 Å². The van der Waals surface area contributed by atoms with Crippen molar-refractivity contribution in [2.75, 3.05) is 0 Å². The fourth-order valence-corrected chi connectivity index (χ4v) is 2.29. The Morgan fingerprint density at radius 1 is 1.44 bits per heavy atom. The van der Waals surface area contributed by atoms with Crippen LogP contribution in [0.2, 0.25) is 0 Å². The number of nitrogens with one attached hydrogen (secondary N) is 1. The van der Waals surface area contributed by atoms with Crippen LogP contribution in [0.5, 0.6) is 0 Å². The molecule has 1 aliphatic rings. The molecule has 1 amide bonds. The maximum Gasteiger partial charge on any atom is 0.230 e. The van der Waals surface area contributed by atoms with E-state index in [4.69, 9.17) is 6.42 Å². The molecule has 2 heteroatoms. The number of rotatable bonds is 5. The van der Waals surface area contributed by atoms with Crippen molar-refractivity contribution in [2.45, 2.75) is 44.1 Å². The van der Waals surface area contributed by atoms with Crippen LogP contribution in [-0.4, -0.2) is 11.9 Å². The van der Waals surface area contributed by atoms with Gasteiger partial charge in [0.1, 0.15) is 0 Å². The maximum atomic E-state index is 12.4. The Morgan fingerprint density at radius 2 is 2.11 bits per heavy atom. The number of amides is 1. The molecule has 0 spiro atoms. The van der Waals surface area contributed by atoms with Crippen LogP contribution in [0.15, 0.2) is 30.3 Å². The quantitative estimate of drug-likeness (QED) is 0.789. The average Bonchev–Trinajstić information content (AvgIpc) is 3.20. The van der Waals surface area contributed by atoms with Gasteiger partial charge < -0.3 is 5.32 Å². The normalized spacial score (nSPS) is 17.6. The highest BCUT2D eigenvalue weighted by Gasteiger charge is 2.51. The van der Waals surface area contributed by atoms with Gasteiger partial charge in [0.05, 0.1) is 5.41 Å². The third kappa shape index (κ3) is 2.41. The molecule has 0 bridgehead atoms. The lowest BCUT2D eigenvalue weighted by atomic mass is 9.94. The van der Waals surface area contributed by atoms with E-state index in [9.17, 15) is 4.79 Å². The number of carbonyl (C=O) groups is 1. The van der Waals surface area contributed by atoms with E-state index >= 15 is 0 Å². The van der Waals surface area contributed by atoms with Crippen molar-refractivity contribution < 1.29 is 4.79 Å². The zero-order valence-electron chi connectivity index (χ0n) is 10.8. The van der Waals surface area contributed by atoms with E-state index in [0.29, 0.717) is 6.42 Å². The van der Waals surface area contributed by atoms with Gasteiger partial charge in [-0.25, -0.2) is 0 Å². The van der Waals surface area contributed by atoms with Crippen LogP contribution in [0, 0.1) is 12.3 Å². The summed E-state index contributed by atoms with van der Waals surface area (Å²) in [6.07, 6.45) is 8.67. The molecule has 18 heavy (non-hydrogen) atoms. The topological polar surface area (TPSA) is 29.1 Å². The van der Waals surface area contributed by atoms with E-state index < -0.39 is 0 Å². The summed E-state index contributed by atoms with van der Waals surface area (Å²) in [4.78, 5) is 12.4. The first-order valence-electron chi connectivity index (χ1n) is 6.53. The van der Waals surface area contributed by atoms with Crippen LogP contribution in [0.1, 0.15) is 38.2 Å². The van der Waals surface area contributed by atoms with Gasteiger partial charge in [-0.2, -0.15) is 0 Å². The Balaban J connectivity index is 2.08. The molecule has 0 radical (unpaired) electrons. The van der Waals surface area contributed by atoms with Crippen LogP contribution in [0.4, 0.5) is 0 Å². The van der Waals surface area contributed by atoms with E-state index in [0.717, 1.165) is 24.8 Å². The number of hydrogen-bond acceptors (Lipinski definition) is 1. The summed E-state index contributed by atoms with van der Waals surface area (Å²) in [6.45, 7) is 2.05. The van der Waals surface area contributed by atoms with Gasteiger partial charge in [0, 0.05) is 12.5 Å². The lowest BCUT2D eigenvalue weighted by molar-refractivity contribution is -0.124. The summed E-state index contributed by atoms with van der Waals surface area (Å²) in [5.41, 5.74) is 0.835. The zero-order valence-corrected chi connectivity index (χ0v) is 10.8. The molecule has 1 saturated carbocycles. The highest BCUT2D eigenvalue weighted by Crippen LogP contribution is 2.48. The van der Waals surface area contributed by atoms with Crippen molar-refractivity contribution >= 4 is 5.91 Å². The summed E-state index contributed by atoms with van der Waals surface area (Å²) in [5, 5.41) is 3.09. The lowest BCUT2D eigenvalue weighted by Crippen LogP contribution is -2.41. The molecule has 2 rings (SSSR count). The van der Waals surface area contributed by atoms with E-state index in [1.165, 1.54) is 0 Å². The fraction of sp³-hybridized carbons (Fsp3) is 0.438.